The quantitative estimate of drug-likeness (QED) is 0.769. The van der Waals surface area contributed by atoms with Crippen LogP contribution >= 0.6 is 0 Å². The number of carbonyl (C=O) groups excluding carboxylic acids is 1. The number of hydrogen-bond donors (Lipinski definition) is 0. The predicted octanol–water partition coefficient (Wildman–Crippen LogP) is 3.94. The molecular formula is C21H29N3O3. The van der Waals surface area contributed by atoms with Gasteiger partial charge in [-0.05, 0) is 31.4 Å². The van der Waals surface area contributed by atoms with Gasteiger partial charge in [-0.15, -0.1) is 0 Å². The molecular weight excluding hydrogens is 342 g/mol. The second-order valence-corrected chi connectivity index (χ2v) is 7.50. The van der Waals surface area contributed by atoms with Gasteiger partial charge in [0.2, 0.25) is 5.91 Å². The van der Waals surface area contributed by atoms with Gasteiger partial charge in [0.15, 0.2) is 0 Å². The maximum atomic E-state index is 12.5. The van der Waals surface area contributed by atoms with Crippen LogP contribution in [0.3, 0.4) is 0 Å². The highest BCUT2D eigenvalue weighted by atomic mass is 16.5. The first kappa shape index (κ1) is 19.5. The number of nitrogens with zero attached hydrogens (tertiary/aromatic N) is 3. The molecule has 3 heterocycles. The molecule has 2 aromatic rings. The van der Waals surface area contributed by atoms with E-state index in [1.165, 1.54) is 0 Å². The maximum Gasteiger partial charge on any atom is 0.222 e. The molecule has 3 rings (SSSR count). The zero-order chi connectivity index (χ0) is 19.4. The fourth-order valence-electron chi connectivity index (χ4n) is 3.38. The van der Waals surface area contributed by atoms with E-state index in [9.17, 15) is 4.79 Å². The summed E-state index contributed by atoms with van der Waals surface area (Å²) in [4.78, 5) is 19.2. The Balaban J connectivity index is 1.76. The molecule has 1 saturated heterocycles. The van der Waals surface area contributed by atoms with Gasteiger partial charge in [0.25, 0.3) is 0 Å². The minimum absolute atomic E-state index is 0.202. The highest BCUT2D eigenvalue weighted by Crippen LogP contribution is 2.29. The van der Waals surface area contributed by atoms with Crippen molar-refractivity contribution in [2.24, 2.45) is 5.92 Å². The second kappa shape index (κ2) is 8.65. The maximum absolute atomic E-state index is 12.5. The number of amides is 1. The standard InChI is InChI=1S/C21H29N3O3/c1-5-18-21(15(4)23-27-18)17-8-6-7-16(22-17)19-13-24(11-12-26-19)20(25)10-9-14(2)3/h6-8,14,19H,5,9-13H2,1-4H3. The van der Waals surface area contributed by atoms with Gasteiger partial charge in [0.1, 0.15) is 11.9 Å². The third-order valence-electron chi connectivity index (χ3n) is 4.97. The molecule has 0 radical (unpaired) electrons. The van der Waals surface area contributed by atoms with Gasteiger partial charge in [0.05, 0.1) is 35.8 Å². The molecule has 1 atom stereocenters. The fourth-order valence-corrected chi connectivity index (χ4v) is 3.38. The number of pyridine rings is 1. The Morgan fingerprint density at radius 3 is 2.93 bits per heavy atom. The lowest BCUT2D eigenvalue weighted by molar-refractivity contribution is -0.139. The van der Waals surface area contributed by atoms with Crippen LogP contribution in [-0.4, -0.2) is 40.6 Å². The molecule has 2 aromatic heterocycles. The SMILES string of the molecule is CCc1onc(C)c1-c1cccc(C2CN(C(=O)CCC(C)C)CCO2)n1. The summed E-state index contributed by atoms with van der Waals surface area (Å²) in [5, 5.41) is 4.08. The van der Waals surface area contributed by atoms with Crippen molar-refractivity contribution in [3.05, 3.63) is 35.3 Å². The Morgan fingerprint density at radius 1 is 1.37 bits per heavy atom. The summed E-state index contributed by atoms with van der Waals surface area (Å²) in [6, 6.07) is 5.91. The lowest BCUT2D eigenvalue weighted by atomic mass is 10.1. The van der Waals surface area contributed by atoms with Crippen LogP contribution in [0, 0.1) is 12.8 Å². The van der Waals surface area contributed by atoms with Crippen molar-refractivity contribution in [3.63, 3.8) is 0 Å². The number of aromatic nitrogens is 2. The van der Waals surface area contributed by atoms with Crippen LogP contribution in [0.2, 0.25) is 0 Å². The fraction of sp³-hybridized carbons (Fsp3) is 0.571. The van der Waals surface area contributed by atoms with Crippen LogP contribution in [0.5, 0.6) is 0 Å². The molecule has 1 aliphatic rings. The van der Waals surface area contributed by atoms with Gasteiger partial charge in [-0.25, -0.2) is 4.98 Å². The van der Waals surface area contributed by atoms with Crippen molar-refractivity contribution in [3.8, 4) is 11.3 Å². The van der Waals surface area contributed by atoms with Crippen LogP contribution in [0.15, 0.2) is 22.7 Å². The molecule has 6 nitrogen and oxygen atoms in total. The second-order valence-electron chi connectivity index (χ2n) is 7.50. The number of ether oxygens (including phenoxy) is 1. The Kier molecular flexibility index (Phi) is 6.26. The van der Waals surface area contributed by atoms with E-state index < -0.39 is 0 Å². The Morgan fingerprint density at radius 2 is 2.19 bits per heavy atom. The van der Waals surface area contributed by atoms with Gasteiger partial charge in [-0.3, -0.25) is 4.79 Å². The largest absolute Gasteiger partial charge is 0.368 e. The summed E-state index contributed by atoms with van der Waals surface area (Å²) in [6.45, 7) is 9.99. The molecule has 1 amide bonds. The molecule has 0 saturated carbocycles. The highest BCUT2D eigenvalue weighted by molar-refractivity contribution is 5.76. The van der Waals surface area contributed by atoms with E-state index >= 15 is 0 Å². The van der Waals surface area contributed by atoms with Gasteiger partial charge in [-0.1, -0.05) is 32.0 Å². The monoisotopic (exact) mass is 371 g/mol. The molecule has 27 heavy (non-hydrogen) atoms. The number of aryl methyl sites for hydroxylation is 2. The lowest BCUT2D eigenvalue weighted by Crippen LogP contribution is -2.42. The highest BCUT2D eigenvalue weighted by Gasteiger charge is 2.27. The normalized spacial score (nSPS) is 17.5. The van der Waals surface area contributed by atoms with Crippen LogP contribution in [0.25, 0.3) is 11.3 Å². The van der Waals surface area contributed by atoms with Crippen LogP contribution in [-0.2, 0) is 16.0 Å². The summed E-state index contributed by atoms with van der Waals surface area (Å²) in [5.74, 6) is 1.58. The molecule has 0 aliphatic carbocycles. The Labute approximate surface area is 160 Å². The molecule has 0 aromatic carbocycles. The summed E-state index contributed by atoms with van der Waals surface area (Å²) in [5.41, 5.74) is 3.48. The number of carbonyl (C=O) groups is 1. The van der Waals surface area contributed by atoms with Gasteiger partial charge >= 0.3 is 0 Å². The molecule has 1 aliphatic heterocycles. The third-order valence-corrected chi connectivity index (χ3v) is 4.97. The van der Waals surface area contributed by atoms with E-state index in [0.717, 1.165) is 41.2 Å². The van der Waals surface area contributed by atoms with Crippen LogP contribution in [0.4, 0.5) is 0 Å². The molecule has 1 unspecified atom stereocenters. The topological polar surface area (TPSA) is 68.5 Å². The van der Waals surface area contributed by atoms with Gasteiger partial charge in [-0.2, -0.15) is 0 Å². The third kappa shape index (κ3) is 4.56. The molecule has 0 N–H and O–H groups in total. The van der Waals surface area contributed by atoms with Crippen molar-refractivity contribution in [2.75, 3.05) is 19.7 Å². The van der Waals surface area contributed by atoms with Crippen molar-refractivity contribution in [2.45, 2.75) is 53.1 Å². The molecule has 1 fully saturated rings. The molecule has 0 bridgehead atoms. The van der Waals surface area contributed by atoms with Crippen molar-refractivity contribution in [1.29, 1.82) is 0 Å². The Hall–Kier alpha value is -2.21. The summed E-state index contributed by atoms with van der Waals surface area (Å²) in [6.07, 6.45) is 2.07. The lowest BCUT2D eigenvalue weighted by Gasteiger charge is -2.33. The first-order valence-corrected chi connectivity index (χ1v) is 9.81. The molecule has 146 valence electrons. The van der Waals surface area contributed by atoms with Gasteiger partial charge < -0.3 is 14.2 Å². The molecule has 6 heteroatoms. The zero-order valence-corrected chi connectivity index (χ0v) is 16.7. The van der Waals surface area contributed by atoms with E-state index in [0.29, 0.717) is 32.0 Å². The summed E-state index contributed by atoms with van der Waals surface area (Å²) < 4.78 is 11.3. The Bertz CT molecular complexity index is 785. The predicted molar refractivity (Wildman–Crippen MR) is 103 cm³/mol. The minimum Gasteiger partial charge on any atom is -0.368 e. The van der Waals surface area contributed by atoms with E-state index in [4.69, 9.17) is 14.2 Å². The van der Waals surface area contributed by atoms with E-state index in [1.807, 2.05) is 36.9 Å². The van der Waals surface area contributed by atoms with Gasteiger partial charge in [0, 0.05) is 19.4 Å². The van der Waals surface area contributed by atoms with E-state index in [2.05, 4.69) is 19.0 Å². The number of morpholine rings is 1. The average molecular weight is 371 g/mol. The van der Waals surface area contributed by atoms with Crippen molar-refractivity contribution >= 4 is 5.91 Å². The average Bonchev–Trinajstić information content (AvgIpc) is 3.07. The van der Waals surface area contributed by atoms with Crippen LogP contribution < -0.4 is 0 Å². The molecule has 0 spiro atoms. The minimum atomic E-state index is -0.202. The first-order valence-electron chi connectivity index (χ1n) is 9.81. The summed E-state index contributed by atoms with van der Waals surface area (Å²) in [7, 11) is 0. The number of rotatable bonds is 6. The van der Waals surface area contributed by atoms with E-state index in [1.54, 1.807) is 0 Å². The van der Waals surface area contributed by atoms with E-state index in [-0.39, 0.29) is 12.0 Å². The first-order chi connectivity index (χ1) is 13.0. The summed E-state index contributed by atoms with van der Waals surface area (Å²) >= 11 is 0. The smallest absolute Gasteiger partial charge is 0.222 e. The van der Waals surface area contributed by atoms with Crippen molar-refractivity contribution in [1.82, 2.24) is 15.0 Å². The zero-order valence-electron chi connectivity index (χ0n) is 16.7. The van der Waals surface area contributed by atoms with Crippen LogP contribution in [0.1, 0.15) is 56.9 Å². The number of hydrogen-bond acceptors (Lipinski definition) is 5. The van der Waals surface area contributed by atoms with Crippen molar-refractivity contribution < 1.29 is 14.1 Å².